The van der Waals surface area contributed by atoms with Crippen LogP contribution >= 0.6 is 0 Å². The average Bonchev–Trinajstić information content (AvgIpc) is 2.81. The molecule has 5 heteroatoms. The van der Waals surface area contributed by atoms with Crippen molar-refractivity contribution in [2.75, 3.05) is 13.1 Å². The van der Waals surface area contributed by atoms with Crippen molar-refractivity contribution >= 4 is 16.8 Å². The zero-order valence-electron chi connectivity index (χ0n) is 13.5. The van der Waals surface area contributed by atoms with Crippen molar-refractivity contribution in [3.05, 3.63) is 30.0 Å². The van der Waals surface area contributed by atoms with E-state index in [1.54, 1.807) is 0 Å². The number of hydrogen-bond acceptors (Lipinski definition) is 3. The molecule has 1 amide bonds. The first-order valence-electron chi connectivity index (χ1n) is 7.90. The molecule has 0 bridgehead atoms. The molecular formula is C17H23N3O2. The number of amides is 1. The number of morpholine rings is 1. The summed E-state index contributed by atoms with van der Waals surface area (Å²) in [6, 6.07) is 8.15. The lowest BCUT2D eigenvalue weighted by atomic mass is 10.2. The molecule has 0 unspecified atom stereocenters. The summed E-state index contributed by atoms with van der Waals surface area (Å²) in [7, 11) is 0. The topological polar surface area (TPSA) is 47.4 Å². The highest BCUT2D eigenvalue weighted by molar-refractivity contribution is 5.82. The standard InChI is InChI=1S/C17H23N3O2/c1-12-10-19(11-13(2)22-12)17(21)8-9-20-16-7-5-4-6-15(16)14(3)18-20/h4-7,12-13H,8-11H2,1-3H3/t12-,13+. The molecule has 0 N–H and O–H groups in total. The molecule has 1 aliphatic heterocycles. The smallest absolute Gasteiger partial charge is 0.224 e. The van der Waals surface area contributed by atoms with Crippen LogP contribution < -0.4 is 0 Å². The van der Waals surface area contributed by atoms with E-state index < -0.39 is 0 Å². The lowest BCUT2D eigenvalue weighted by Crippen LogP contribution is -2.48. The molecule has 1 aromatic carbocycles. The van der Waals surface area contributed by atoms with Gasteiger partial charge in [0.25, 0.3) is 0 Å². The first-order valence-corrected chi connectivity index (χ1v) is 7.90. The maximum atomic E-state index is 12.4. The highest BCUT2D eigenvalue weighted by Gasteiger charge is 2.25. The van der Waals surface area contributed by atoms with Crippen molar-refractivity contribution < 1.29 is 9.53 Å². The Hall–Kier alpha value is -1.88. The first kappa shape index (κ1) is 15.0. The van der Waals surface area contributed by atoms with Gasteiger partial charge in [-0.1, -0.05) is 18.2 Å². The van der Waals surface area contributed by atoms with E-state index in [-0.39, 0.29) is 18.1 Å². The second-order valence-electron chi connectivity index (χ2n) is 6.13. The van der Waals surface area contributed by atoms with Crippen molar-refractivity contribution in [1.29, 1.82) is 0 Å². The molecule has 3 rings (SSSR count). The fourth-order valence-corrected chi connectivity index (χ4v) is 3.21. The number of carbonyl (C=O) groups is 1. The number of nitrogens with zero attached hydrogens (tertiary/aromatic N) is 3. The van der Waals surface area contributed by atoms with E-state index in [1.165, 1.54) is 0 Å². The van der Waals surface area contributed by atoms with Crippen LogP contribution in [0.2, 0.25) is 0 Å². The molecule has 1 aliphatic rings. The monoisotopic (exact) mass is 301 g/mol. The molecular weight excluding hydrogens is 278 g/mol. The lowest BCUT2D eigenvalue weighted by molar-refractivity contribution is -0.143. The Labute approximate surface area is 130 Å². The largest absolute Gasteiger partial charge is 0.372 e. The van der Waals surface area contributed by atoms with Gasteiger partial charge in [0.1, 0.15) is 0 Å². The average molecular weight is 301 g/mol. The number of para-hydroxylation sites is 1. The van der Waals surface area contributed by atoms with Gasteiger partial charge in [-0.2, -0.15) is 5.10 Å². The van der Waals surface area contributed by atoms with Crippen LogP contribution in [0, 0.1) is 6.92 Å². The minimum atomic E-state index is 0.112. The number of benzene rings is 1. The van der Waals surface area contributed by atoms with Crippen LogP contribution in [-0.4, -0.2) is 45.9 Å². The summed E-state index contributed by atoms with van der Waals surface area (Å²) in [5, 5.41) is 5.71. The summed E-state index contributed by atoms with van der Waals surface area (Å²) in [4.78, 5) is 14.3. The van der Waals surface area contributed by atoms with Gasteiger partial charge in [-0.25, -0.2) is 0 Å². The zero-order chi connectivity index (χ0) is 15.7. The molecule has 1 fully saturated rings. The Morgan fingerprint density at radius 2 is 1.95 bits per heavy atom. The van der Waals surface area contributed by atoms with Gasteiger partial charge in [-0.3, -0.25) is 9.48 Å². The Morgan fingerprint density at radius 3 is 2.68 bits per heavy atom. The fourth-order valence-electron chi connectivity index (χ4n) is 3.21. The molecule has 0 radical (unpaired) electrons. The van der Waals surface area contributed by atoms with Crippen LogP contribution in [0.5, 0.6) is 0 Å². The van der Waals surface area contributed by atoms with E-state index in [4.69, 9.17) is 4.74 Å². The van der Waals surface area contributed by atoms with E-state index in [0.29, 0.717) is 26.1 Å². The number of carbonyl (C=O) groups excluding carboxylic acids is 1. The second-order valence-corrected chi connectivity index (χ2v) is 6.13. The summed E-state index contributed by atoms with van der Waals surface area (Å²) in [6.45, 7) is 8.02. The number of rotatable bonds is 3. The molecule has 2 atom stereocenters. The van der Waals surface area contributed by atoms with Crippen molar-refractivity contribution in [2.45, 2.75) is 45.9 Å². The number of aromatic nitrogens is 2. The Morgan fingerprint density at radius 1 is 1.27 bits per heavy atom. The minimum absolute atomic E-state index is 0.112. The molecule has 0 saturated carbocycles. The van der Waals surface area contributed by atoms with E-state index >= 15 is 0 Å². The van der Waals surface area contributed by atoms with Gasteiger partial charge in [0.05, 0.1) is 30.0 Å². The maximum absolute atomic E-state index is 12.4. The van der Waals surface area contributed by atoms with Gasteiger partial charge in [-0.15, -0.1) is 0 Å². The second kappa shape index (κ2) is 6.08. The third kappa shape index (κ3) is 2.99. The molecule has 22 heavy (non-hydrogen) atoms. The first-order chi connectivity index (χ1) is 10.5. The lowest BCUT2D eigenvalue weighted by Gasteiger charge is -2.35. The number of ether oxygens (including phenoxy) is 1. The third-order valence-electron chi connectivity index (χ3n) is 4.15. The number of hydrogen-bond donors (Lipinski definition) is 0. The minimum Gasteiger partial charge on any atom is -0.372 e. The summed E-state index contributed by atoms with van der Waals surface area (Å²) < 4.78 is 7.62. The van der Waals surface area contributed by atoms with Gasteiger partial charge in [-0.05, 0) is 26.8 Å². The summed E-state index contributed by atoms with van der Waals surface area (Å²) >= 11 is 0. The van der Waals surface area contributed by atoms with E-state index in [1.807, 2.05) is 42.5 Å². The molecule has 118 valence electrons. The van der Waals surface area contributed by atoms with Crippen molar-refractivity contribution in [2.24, 2.45) is 0 Å². The fraction of sp³-hybridized carbons (Fsp3) is 0.529. The summed E-state index contributed by atoms with van der Waals surface area (Å²) in [5.74, 6) is 0.180. The van der Waals surface area contributed by atoms with Crippen LogP contribution in [0.4, 0.5) is 0 Å². The van der Waals surface area contributed by atoms with Crippen LogP contribution in [0.25, 0.3) is 10.9 Å². The van der Waals surface area contributed by atoms with Gasteiger partial charge >= 0.3 is 0 Å². The summed E-state index contributed by atoms with van der Waals surface area (Å²) in [5.41, 5.74) is 2.10. The normalized spacial score (nSPS) is 22.2. The van der Waals surface area contributed by atoms with Crippen LogP contribution in [0.3, 0.4) is 0 Å². The van der Waals surface area contributed by atoms with Gasteiger partial charge in [0.15, 0.2) is 0 Å². The Balaban J connectivity index is 1.67. The molecule has 5 nitrogen and oxygen atoms in total. The van der Waals surface area contributed by atoms with Crippen molar-refractivity contribution in [3.63, 3.8) is 0 Å². The predicted molar refractivity (Wildman–Crippen MR) is 85.7 cm³/mol. The van der Waals surface area contributed by atoms with Gasteiger partial charge in [0.2, 0.25) is 5.91 Å². The molecule has 1 aromatic heterocycles. The van der Waals surface area contributed by atoms with Crippen molar-refractivity contribution in [3.8, 4) is 0 Å². The Bertz CT molecular complexity index is 670. The Kier molecular flexibility index (Phi) is 4.16. The molecule has 0 aliphatic carbocycles. The molecule has 2 heterocycles. The molecule has 0 spiro atoms. The van der Waals surface area contributed by atoms with Gasteiger partial charge < -0.3 is 9.64 Å². The van der Waals surface area contributed by atoms with E-state index in [0.717, 1.165) is 16.6 Å². The third-order valence-corrected chi connectivity index (χ3v) is 4.15. The van der Waals surface area contributed by atoms with Crippen LogP contribution in [-0.2, 0) is 16.1 Å². The highest BCUT2D eigenvalue weighted by atomic mass is 16.5. The van der Waals surface area contributed by atoms with Crippen LogP contribution in [0.15, 0.2) is 24.3 Å². The number of aryl methyl sites for hydroxylation is 2. The zero-order valence-corrected chi connectivity index (χ0v) is 13.5. The van der Waals surface area contributed by atoms with E-state index in [9.17, 15) is 4.79 Å². The molecule has 1 saturated heterocycles. The number of fused-ring (bicyclic) bond motifs is 1. The van der Waals surface area contributed by atoms with Gasteiger partial charge in [0, 0.05) is 24.9 Å². The predicted octanol–water partition coefficient (Wildman–Crippen LogP) is 2.37. The van der Waals surface area contributed by atoms with Crippen LogP contribution in [0.1, 0.15) is 26.0 Å². The summed E-state index contributed by atoms with van der Waals surface area (Å²) in [6.07, 6.45) is 0.700. The van der Waals surface area contributed by atoms with Crippen molar-refractivity contribution in [1.82, 2.24) is 14.7 Å². The quantitative estimate of drug-likeness (QED) is 0.874. The molecule has 2 aromatic rings. The maximum Gasteiger partial charge on any atom is 0.224 e. The highest BCUT2D eigenvalue weighted by Crippen LogP contribution is 2.18. The SMILES string of the molecule is Cc1nn(CCC(=O)N2C[C@@H](C)O[C@@H](C)C2)c2ccccc12. The van der Waals surface area contributed by atoms with E-state index in [2.05, 4.69) is 17.2 Å².